The molecule has 0 spiro atoms. The van der Waals surface area contributed by atoms with Crippen LogP contribution in [0.3, 0.4) is 0 Å². The van der Waals surface area contributed by atoms with E-state index in [9.17, 15) is 23.6 Å². The van der Waals surface area contributed by atoms with Gasteiger partial charge in [-0.05, 0) is 68.7 Å². The summed E-state index contributed by atoms with van der Waals surface area (Å²) in [6, 6.07) is 23.8. The SMILES string of the molecule is Cc1ccc(Nc2c(-c3ccc(F)cc3)nc3n2CCN(C(=O)[C@](C)(NC(=O)CCOCCOCCOCCOCCNC(=O)CCCCC2SCC4NC(=O)NC42)c2ccccc2)C3)cc1. The third-order valence-corrected chi connectivity index (χ3v) is 13.6. The van der Waals surface area contributed by atoms with Gasteiger partial charge in [-0.1, -0.05) is 54.4 Å². The Morgan fingerprint density at radius 3 is 2.22 bits per heavy atom. The molecule has 67 heavy (non-hydrogen) atoms. The third kappa shape index (κ3) is 13.8. The number of urea groups is 1. The molecule has 4 atom stereocenters. The largest absolute Gasteiger partial charge is 0.379 e. The molecule has 18 heteroatoms. The highest BCUT2D eigenvalue weighted by atomic mass is 32.2. The van der Waals surface area contributed by atoms with Crippen LogP contribution in [0.5, 0.6) is 0 Å². The molecule has 7 rings (SSSR count). The molecule has 0 bridgehead atoms. The summed E-state index contributed by atoms with van der Waals surface area (Å²) >= 11 is 1.89. The number of anilines is 2. The zero-order chi connectivity index (χ0) is 47.0. The lowest BCUT2D eigenvalue weighted by Gasteiger charge is -2.37. The van der Waals surface area contributed by atoms with Crippen LogP contribution in [0.15, 0.2) is 78.9 Å². The minimum atomic E-state index is -1.37. The van der Waals surface area contributed by atoms with Crippen molar-refractivity contribution in [1.82, 2.24) is 35.7 Å². The van der Waals surface area contributed by atoms with E-state index < -0.39 is 5.54 Å². The standard InChI is InChI=1S/C49H63FN8O8S/c1-34-12-18-38(19-13-34)52-46-44(35-14-16-37(50)17-15-35)54-41-32-57(22-23-58(41)46)47(61)49(2,36-8-4-3-5-9-36)56-43(60)20-24-63-26-28-65-30-31-66-29-27-64-25-21-51-42(59)11-7-6-10-40-45-39(33-67-40)53-48(62)55-45/h3-5,8-9,12-19,39-40,45,52H,6-7,10-11,20-33H2,1-2H3,(H,51,59)(H,56,60)(H2,53,55,62)/t39?,40?,45?,49-/m1/s1. The van der Waals surface area contributed by atoms with Crippen LogP contribution in [0.2, 0.25) is 0 Å². The van der Waals surface area contributed by atoms with E-state index >= 15 is 0 Å². The molecule has 5 N–H and O–H groups in total. The number of thioether (sulfide) groups is 1. The lowest BCUT2D eigenvalue weighted by molar-refractivity contribution is -0.143. The van der Waals surface area contributed by atoms with Gasteiger partial charge in [0.1, 0.15) is 28.7 Å². The number of unbranched alkanes of at least 4 members (excludes halogenated alkanes) is 1. The second kappa shape index (κ2) is 24.5. The van der Waals surface area contributed by atoms with Crippen molar-refractivity contribution in [3.8, 4) is 11.3 Å². The number of imidazole rings is 1. The summed E-state index contributed by atoms with van der Waals surface area (Å²) < 4.78 is 38.4. The van der Waals surface area contributed by atoms with Crippen LogP contribution in [0.1, 0.15) is 56.0 Å². The lowest BCUT2D eigenvalue weighted by atomic mass is 9.89. The zero-order valence-corrected chi connectivity index (χ0v) is 39.2. The highest BCUT2D eigenvalue weighted by Gasteiger charge is 2.43. The van der Waals surface area contributed by atoms with Gasteiger partial charge in [0.05, 0.1) is 71.5 Å². The molecular formula is C49H63FN8O8S. The molecular weight excluding hydrogens is 880 g/mol. The Labute approximate surface area is 395 Å². The second-order valence-electron chi connectivity index (χ2n) is 17.1. The minimum Gasteiger partial charge on any atom is -0.379 e. The number of rotatable bonds is 26. The highest BCUT2D eigenvalue weighted by Crippen LogP contribution is 2.35. The number of aryl methyl sites for hydroxylation is 1. The fourth-order valence-corrected chi connectivity index (χ4v) is 9.99. The summed E-state index contributed by atoms with van der Waals surface area (Å²) in [6.45, 7) is 7.95. The Morgan fingerprint density at radius 2 is 1.51 bits per heavy atom. The van der Waals surface area contributed by atoms with Gasteiger partial charge >= 0.3 is 6.03 Å². The van der Waals surface area contributed by atoms with E-state index in [2.05, 4.69) is 31.2 Å². The lowest BCUT2D eigenvalue weighted by Crippen LogP contribution is -2.56. The number of hydrogen-bond acceptors (Lipinski definition) is 11. The van der Waals surface area contributed by atoms with E-state index in [0.717, 1.165) is 47.6 Å². The maximum atomic E-state index is 14.5. The predicted molar refractivity (Wildman–Crippen MR) is 254 cm³/mol. The Hall–Kier alpha value is -5.53. The number of hydrogen-bond donors (Lipinski definition) is 5. The number of nitrogens with one attached hydrogen (secondary N) is 5. The topological polar surface area (TPSA) is 186 Å². The van der Waals surface area contributed by atoms with Gasteiger partial charge in [-0.3, -0.25) is 14.4 Å². The molecule has 3 aromatic carbocycles. The molecule has 0 saturated carbocycles. The van der Waals surface area contributed by atoms with E-state index in [0.29, 0.717) is 88.0 Å². The Kier molecular flexibility index (Phi) is 18.0. The van der Waals surface area contributed by atoms with E-state index in [1.54, 1.807) is 24.0 Å². The van der Waals surface area contributed by atoms with Crippen LogP contribution in [0.4, 0.5) is 20.7 Å². The van der Waals surface area contributed by atoms with Gasteiger partial charge < -0.3 is 55.0 Å². The van der Waals surface area contributed by atoms with Crippen LogP contribution in [-0.2, 0) is 52.0 Å². The molecule has 1 aromatic heterocycles. The summed E-state index contributed by atoms with van der Waals surface area (Å²) in [5.74, 6) is 1.44. The van der Waals surface area contributed by atoms with Gasteiger partial charge in [0.15, 0.2) is 0 Å². The summed E-state index contributed by atoms with van der Waals surface area (Å²) in [5.41, 5.74) is 2.69. The van der Waals surface area contributed by atoms with E-state index in [1.807, 2.05) is 73.3 Å². The van der Waals surface area contributed by atoms with E-state index in [4.69, 9.17) is 23.9 Å². The Balaban J connectivity index is 0.764. The second-order valence-corrected chi connectivity index (χ2v) is 18.3. The fourth-order valence-electron chi connectivity index (χ4n) is 8.44. The first-order valence-corrected chi connectivity index (χ1v) is 24.2. The monoisotopic (exact) mass is 942 g/mol. The molecule has 3 aliphatic heterocycles. The first-order chi connectivity index (χ1) is 32.6. The van der Waals surface area contributed by atoms with Crippen molar-refractivity contribution < 1.29 is 42.5 Å². The van der Waals surface area contributed by atoms with E-state index in [1.165, 1.54) is 12.1 Å². The van der Waals surface area contributed by atoms with Gasteiger partial charge in [-0.15, -0.1) is 0 Å². The number of ether oxygens (including phenoxy) is 4. The number of nitrogens with zero attached hydrogens (tertiary/aromatic N) is 3. The average Bonchev–Trinajstić information content (AvgIpc) is 4.01. The molecule has 0 aliphatic carbocycles. The summed E-state index contributed by atoms with van der Waals surface area (Å²) in [5, 5.41) is 15.8. The molecule has 360 valence electrons. The molecule has 16 nitrogen and oxygen atoms in total. The van der Waals surface area contributed by atoms with Crippen molar-refractivity contribution in [2.24, 2.45) is 0 Å². The molecule has 0 radical (unpaired) electrons. The van der Waals surface area contributed by atoms with Gasteiger partial charge in [0, 0.05) is 54.7 Å². The molecule has 2 fully saturated rings. The van der Waals surface area contributed by atoms with Gasteiger partial charge in [0.25, 0.3) is 5.91 Å². The molecule has 3 aliphatic rings. The first-order valence-electron chi connectivity index (χ1n) is 23.2. The predicted octanol–water partition coefficient (Wildman–Crippen LogP) is 5.41. The first kappa shape index (κ1) is 49.4. The van der Waals surface area contributed by atoms with Crippen molar-refractivity contribution in [2.75, 3.05) is 77.0 Å². The summed E-state index contributed by atoms with van der Waals surface area (Å²) in [6.07, 6.45) is 3.27. The highest BCUT2D eigenvalue weighted by molar-refractivity contribution is 8.00. The number of amides is 5. The number of carbonyl (C=O) groups is 4. The van der Waals surface area contributed by atoms with Crippen LogP contribution in [0, 0.1) is 12.7 Å². The molecule has 5 amide bonds. The summed E-state index contributed by atoms with van der Waals surface area (Å²) in [4.78, 5) is 58.4. The number of halogens is 1. The van der Waals surface area contributed by atoms with Crippen molar-refractivity contribution >= 4 is 47.0 Å². The Bertz CT molecular complexity index is 2250. The summed E-state index contributed by atoms with van der Waals surface area (Å²) in [7, 11) is 0. The number of aromatic nitrogens is 2. The van der Waals surface area contributed by atoms with E-state index in [-0.39, 0.29) is 67.8 Å². The number of carbonyl (C=O) groups excluding carboxylic acids is 4. The number of fused-ring (bicyclic) bond motifs is 2. The van der Waals surface area contributed by atoms with Crippen molar-refractivity contribution in [1.29, 1.82) is 0 Å². The Morgan fingerprint density at radius 1 is 0.821 bits per heavy atom. The van der Waals surface area contributed by atoms with Crippen LogP contribution >= 0.6 is 11.8 Å². The smallest absolute Gasteiger partial charge is 0.315 e. The average molecular weight is 943 g/mol. The minimum absolute atomic E-state index is 0.0148. The zero-order valence-electron chi connectivity index (χ0n) is 38.4. The van der Waals surface area contributed by atoms with Crippen molar-refractivity contribution in [3.63, 3.8) is 0 Å². The maximum Gasteiger partial charge on any atom is 0.315 e. The maximum absolute atomic E-state index is 14.5. The van der Waals surface area contributed by atoms with Crippen LogP contribution < -0.4 is 26.6 Å². The molecule has 4 heterocycles. The van der Waals surface area contributed by atoms with Gasteiger partial charge in [-0.25, -0.2) is 14.2 Å². The molecule has 2 saturated heterocycles. The third-order valence-electron chi connectivity index (χ3n) is 12.1. The fraction of sp³-hybridized carbons (Fsp3) is 0.490. The van der Waals surface area contributed by atoms with Gasteiger partial charge in [0.2, 0.25) is 11.8 Å². The van der Waals surface area contributed by atoms with Crippen LogP contribution in [0.25, 0.3) is 11.3 Å². The van der Waals surface area contributed by atoms with Crippen molar-refractivity contribution in [2.45, 2.75) is 81.9 Å². The quantitative estimate of drug-likeness (QED) is 0.0401. The van der Waals surface area contributed by atoms with Gasteiger partial charge in [-0.2, -0.15) is 11.8 Å². The number of benzene rings is 3. The normalized spacial score (nSPS) is 18.3. The molecule has 4 aromatic rings. The van der Waals surface area contributed by atoms with Crippen LogP contribution in [-0.4, -0.2) is 127 Å². The van der Waals surface area contributed by atoms with Crippen molar-refractivity contribution in [3.05, 3.63) is 102 Å². The molecule has 3 unspecified atom stereocenters.